The van der Waals surface area contributed by atoms with E-state index < -0.39 is 17.9 Å². The van der Waals surface area contributed by atoms with Gasteiger partial charge in [0.2, 0.25) is 0 Å². The number of piperazine rings is 1. The van der Waals surface area contributed by atoms with Gasteiger partial charge in [0, 0.05) is 31.7 Å². The second kappa shape index (κ2) is 11.8. The standard InChI is InChI=1S/C27H29N3O8/c1-35-25(32)19-9-10-21(28-11-13-29(14-12-28)24(31)18-7-5-4-6-8-18)22(15-19)30-17-38-16-20(26(33)36-2)23(30)27(34)37-3/h4-10,15H,11-14,16-17H2,1-3H3. The molecule has 1 fully saturated rings. The van der Waals surface area contributed by atoms with Gasteiger partial charge in [-0.3, -0.25) is 4.79 Å². The summed E-state index contributed by atoms with van der Waals surface area (Å²) in [5, 5.41) is 0. The van der Waals surface area contributed by atoms with Gasteiger partial charge >= 0.3 is 17.9 Å². The minimum atomic E-state index is -0.749. The van der Waals surface area contributed by atoms with Crippen molar-refractivity contribution >= 4 is 35.2 Å². The maximum absolute atomic E-state index is 12.9. The van der Waals surface area contributed by atoms with Crippen LogP contribution in [-0.2, 0) is 28.5 Å². The summed E-state index contributed by atoms with van der Waals surface area (Å²) < 4.78 is 20.4. The molecule has 11 heteroatoms. The van der Waals surface area contributed by atoms with Crippen molar-refractivity contribution in [2.75, 3.05) is 70.6 Å². The van der Waals surface area contributed by atoms with Crippen molar-refractivity contribution in [1.82, 2.24) is 4.90 Å². The Kier molecular flexibility index (Phi) is 8.27. The molecule has 38 heavy (non-hydrogen) atoms. The Balaban J connectivity index is 1.70. The molecule has 0 saturated carbocycles. The fourth-order valence-corrected chi connectivity index (χ4v) is 4.50. The molecule has 0 aromatic heterocycles. The van der Waals surface area contributed by atoms with Crippen molar-refractivity contribution < 1.29 is 38.1 Å². The first kappa shape index (κ1) is 26.7. The van der Waals surface area contributed by atoms with Gasteiger partial charge in [0.05, 0.1) is 50.4 Å². The molecule has 4 rings (SSSR count). The van der Waals surface area contributed by atoms with Crippen LogP contribution < -0.4 is 9.80 Å². The zero-order valence-electron chi connectivity index (χ0n) is 21.5. The predicted octanol–water partition coefficient (Wildman–Crippen LogP) is 1.83. The maximum Gasteiger partial charge on any atom is 0.355 e. The number of nitrogens with zero attached hydrogens (tertiary/aromatic N) is 3. The van der Waals surface area contributed by atoms with Gasteiger partial charge in [-0.15, -0.1) is 0 Å². The third-order valence-electron chi connectivity index (χ3n) is 6.45. The molecular formula is C27H29N3O8. The summed E-state index contributed by atoms with van der Waals surface area (Å²) >= 11 is 0. The van der Waals surface area contributed by atoms with Crippen LogP contribution in [0.1, 0.15) is 20.7 Å². The molecule has 2 aliphatic heterocycles. The molecule has 2 aromatic carbocycles. The Labute approximate surface area is 220 Å². The van der Waals surface area contributed by atoms with Crippen molar-refractivity contribution in [3.8, 4) is 0 Å². The van der Waals surface area contributed by atoms with Crippen molar-refractivity contribution in [2.24, 2.45) is 0 Å². The average molecular weight is 524 g/mol. The van der Waals surface area contributed by atoms with E-state index in [2.05, 4.69) is 0 Å². The van der Waals surface area contributed by atoms with Gasteiger partial charge in [0.25, 0.3) is 5.91 Å². The summed E-state index contributed by atoms with van der Waals surface area (Å²) in [5.74, 6) is -2.09. The molecule has 0 unspecified atom stereocenters. The predicted molar refractivity (Wildman–Crippen MR) is 137 cm³/mol. The first-order chi connectivity index (χ1) is 18.4. The van der Waals surface area contributed by atoms with Crippen LogP contribution in [0, 0.1) is 0 Å². The summed E-state index contributed by atoms with van der Waals surface area (Å²) in [5.41, 5.74) is 1.96. The lowest BCUT2D eigenvalue weighted by atomic mass is 10.1. The van der Waals surface area contributed by atoms with Crippen LogP contribution in [0.15, 0.2) is 59.8 Å². The van der Waals surface area contributed by atoms with E-state index in [0.717, 1.165) is 0 Å². The smallest absolute Gasteiger partial charge is 0.355 e. The Morgan fingerprint density at radius 2 is 1.39 bits per heavy atom. The number of benzene rings is 2. The van der Waals surface area contributed by atoms with Crippen molar-refractivity contribution in [3.63, 3.8) is 0 Å². The number of carbonyl (C=O) groups excluding carboxylic acids is 4. The monoisotopic (exact) mass is 523 g/mol. The Bertz CT molecular complexity index is 1250. The Hall–Kier alpha value is -4.38. The number of hydrogen-bond donors (Lipinski definition) is 0. The van der Waals surface area contributed by atoms with Gasteiger partial charge < -0.3 is 33.6 Å². The SMILES string of the molecule is COC(=O)C1=C(C(=O)OC)N(c2cc(C(=O)OC)ccc2N2CCN(C(=O)c3ccccc3)CC2)COC1. The van der Waals surface area contributed by atoms with E-state index in [1.807, 2.05) is 23.1 Å². The highest BCUT2D eigenvalue weighted by Gasteiger charge is 2.35. The van der Waals surface area contributed by atoms with E-state index in [9.17, 15) is 19.2 Å². The van der Waals surface area contributed by atoms with Gasteiger partial charge in [-0.2, -0.15) is 0 Å². The number of carbonyl (C=O) groups is 4. The summed E-state index contributed by atoms with van der Waals surface area (Å²) in [6.45, 7) is 1.72. The molecule has 11 nitrogen and oxygen atoms in total. The second-order valence-electron chi connectivity index (χ2n) is 8.56. The highest BCUT2D eigenvalue weighted by atomic mass is 16.5. The topological polar surface area (TPSA) is 115 Å². The van der Waals surface area contributed by atoms with Crippen LogP contribution in [-0.4, -0.2) is 89.6 Å². The number of methoxy groups -OCH3 is 3. The number of ether oxygens (including phenoxy) is 4. The summed E-state index contributed by atoms with van der Waals surface area (Å²) in [6, 6.07) is 14.0. The lowest BCUT2D eigenvalue weighted by Crippen LogP contribution is -2.49. The van der Waals surface area contributed by atoms with Gasteiger partial charge in [0.15, 0.2) is 0 Å². The largest absolute Gasteiger partial charge is 0.466 e. The Morgan fingerprint density at radius 1 is 0.737 bits per heavy atom. The lowest BCUT2D eigenvalue weighted by Gasteiger charge is -2.39. The highest BCUT2D eigenvalue weighted by molar-refractivity contribution is 6.04. The van der Waals surface area contributed by atoms with E-state index >= 15 is 0 Å². The first-order valence-corrected chi connectivity index (χ1v) is 12.0. The molecule has 0 radical (unpaired) electrons. The van der Waals surface area contributed by atoms with Crippen LogP contribution >= 0.6 is 0 Å². The number of esters is 3. The normalized spacial score (nSPS) is 15.7. The lowest BCUT2D eigenvalue weighted by molar-refractivity contribution is -0.140. The number of hydrogen-bond acceptors (Lipinski definition) is 10. The van der Waals surface area contributed by atoms with Gasteiger partial charge in [0.1, 0.15) is 12.4 Å². The number of anilines is 2. The molecule has 1 amide bonds. The number of amides is 1. The van der Waals surface area contributed by atoms with Crippen molar-refractivity contribution in [1.29, 1.82) is 0 Å². The molecule has 2 aliphatic rings. The summed E-state index contributed by atoms with van der Waals surface area (Å²) in [4.78, 5) is 56.0. The van der Waals surface area contributed by atoms with Crippen LogP contribution in [0.3, 0.4) is 0 Å². The van der Waals surface area contributed by atoms with E-state index in [1.54, 1.807) is 35.2 Å². The van der Waals surface area contributed by atoms with Crippen LogP contribution in [0.4, 0.5) is 11.4 Å². The van der Waals surface area contributed by atoms with Crippen molar-refractivity contribution in [2.45, 2.75) is 0 Å². The van der Waals surface area contributed by atoms with Gasteiger partial charge in [-0.05, 0) is 30.3 Å². The molecule has 200 valence electrons. The van der Waals surface area contributed by atoms with Crippen LogP contribution in [0.5, 0.6) is 0 Å². The zero-order chi connectivity index (χ0) is 27.2. The molecule has 0 aliphatic carbocycles. The van der Waals surface area contributed by atoms with Gasteiger partial charge in [-0.1, -0.05) is 18.2 Å². The van der Waals surface area contributed by atoms with E-state index in [-0.39, 0.29) is 36.1 Å². The molecule has 0 atom stereocenters. The van der Waals surface area contributed by atoms with Gasteiger partial charge in [-0.25, -0.2) is 14.4 Å². The molecule has 0 spiro atoms. The number of rotatable bonds is 6. The van der Waals surface area contributed by atoms with E-state index in [0.29, 0.717) is 43.1 Å². The average Bonchev–Trinajstić information content (AvgIpc) is 2.99. The minimum absolute atomic E-state index is 0.00158. The molecule has 2 aromatic rings. The van der Waals surface area contributed by atoms with Crippen LogP contribution in [0.25, 0.3) is 0 Å². The maximum atomic E-state index is 12.9. The van der Waals surface area contributed by atoms with E-state index in [1.165, 1.54) is 26.2 Å². The summed E-state index contributed by atoms with van der Waals surface area (Å²) in [6.07, 6.45) is 0. The second-order valence-corrected chi connectivity index (χ2v) is 8.56. The van der Waals surface area contributed by atoms with E-state index in [4.69, 9.17) is 18.9 Å². The van der Waals surface area contributed by atoms with Crippen molar-refractivity contribution in [3.05, 3.63) is 70.9 Å². The first-order valence-electron chi connectivity index (χ1n) is 12.0. The fraction of sp³-hybridized carbons (Fsp3) is 0.333. The minimum Gasteiger partial charge on any atom is -0.466 e. The molecular weight excluding hydrogens is 494 g/mol. The zero-order valence-corrected chi connectivity index (χ0v) is 21.5. The molecule has 0 N–H and O–H groups in total. The highest BCUT2D eigenvalue weighted by Crippen LogP contribution is 2.36. The third kappa shape index (κ3) is 5.32. The quantitative estimate of drug-likeness (QED) is 0.410. The molecule has 0 bridgehead atoms. The third-order valence-corrected chi connectivity index (χ3v) is 6.45. The van der Waals surface area contributed by atoms with Crippen LogP contribution in [0.2, 0.25) is 0 Å². The fourth-order valence-electron chi connectivity index (χ4n) is 4.50. The molecule has 2 heterocycles. The Morgan fingerprint density at radius 3 is 2.03 bits per heavy atom. The summed E-state index contributed by atoms with van der Waals surface area (Å²) in [7, 11) is 3.70. The molecule has 1 saturated heterocycles.